The number of carbonyl (C=O) groups excluding carboxylic acids is 2. The number of methoxy groups -OCH3 is 1. The summed E-state index contributed by atoms with van der Waals surface area (Å²) >= 11 is 0. The molecular formula is C25H26N2O4. The average Bonchev–Trinajstić information content (AvgIpc) is 3.28. The average molecular weight is 418 g/mol. The maximum Gasteiger partial charge on any atom is 0.268 e. The van der Waals surface area contributed by atoms with Crippen LogP contribution in [0.2, 0.25) is 0 Å². The molecule has 2 amide bonds. The van der Waals surface area contributed by atoms with Gasteiger partial charge in [0, 0.05) is 11.6 Å². The van der Waals surface area contributed by atoms with E-state index in [4.69, 9.17) is 9.15 Å². The number of benzene rings is 2. The Morgan fingerprint density at radius 1 is 1.03 bits per heavy atom. The molecule has 0 aliphatic heterocycles. The predicted molar refractivity (Wildman–Crippen MR) is 120 cm³/mol. The van der Waals surface area contributed by atoms with Crippen LogP contribution in [-0.2, 0) is 4.79 Å². The molecule has 1 atom stereocenters. The number of aryl methyl sites for hydroxylation is 2. The SMILES string of the molecule is COc1ccc(C(=O)N/C(=C\c2ccco2)C(=O)N[C@@H](C)c2ccc(C)c(C)c2)cc1. The highest BCUT2D eigenvalue weighted by Gasteiger charge is 2.18. The number of hydrogen-bond donors (Lipinski definition) is 2. The summed E-state index contributed by atoms with van der Waals surface area (Å²) in [6.45, 7) is 5.98. The summed E-state index contributed by atoms with van der Waals surface area (Å²) in [4.78, 5) is 25.7. The van der Waals surface area contributed by atoms with Crippen molar-refractivity contribution in [2.45, 2.75) is 26.8 Å². The molecule has 0 fully saturated rings. The fourth-order valence-corrected chi connectivity index (χ4v) is 3.00. The van der Waals surface area contributed by atoms with Gasteiger partial charge in [-0.15, -0.1) is 0 Å². The van der Waals surface area contributed by atoms with Crippen molar-refractivity contribution < 1.29 is 18.7 Å². The van der Waals surface area contributed by atoms with E-state index in [-0.39, 0.29) is 11.7 Å². The van der Waals surface area contributed by atoms with Crippen molar-refractivity contribution in [1.82, 2.24) is 10.6 Å². The van der Waals surface area contributed by atoms with Crippen LogP contribution in [0.15, 0.2) is 71.0 Å². The highest BCUT2D eigenvalue weighted by atomic mass is 16.5. The monoisotopic (exact) mass is 418 g/mol. The molecule has 0 bridgehead atoms. The molecule has 0 spiro atoms. The first-order valence-corrected chi connectivity index (χ1v) is 9.96. The summed E-state index contributed by atoms with van der Waals surface area (Å²) in [6, 6.07) is 15.9. The Morgan fingerprint density at radius 3 is 2.39 bits per heavy atom. The minimum Gasteiger partial charge on any atom is -0.497 e. The van der Waals surface area contributed by atoms with Crippen LogP contribution in [0.5, 0.6) is 5.75 Å². The second-order valence-electron chi connectivity index (χ2n) is 7.29. The first kappa shape index (κ1) is 21.9. The summed E-state index contributed by atoms with van der Waals surface area (Å²) in [5.74, 6) is 0.278. The van der Waals surface area contributed by atoms with Gasteiger partial charge in [0.05, 0.1) is 19.4 Å². The van der Waals surface area contributed by atoms with E-state index in [9.17, 15) is 9.59 Å². The standard InChI is InChI=1S/C25H26N2O4/c1-16-7-8-20(14-17(16)2)18(3)26-25(29)23(15-22-6-5-13-31-22)27-24(28)19-9-11-21(30-4)12-10-19/h5-15,18H,1-4H3,(H,26,29)(H,27,28)/b23-15-/t18-/m0/s1. The third kappa shape index (κ3) is 5.63. The summed E-state index contributed by atoms with van der Waals surface area (Å²) in [6.07, 6.45) is 3.01. The fourth-order valence-electron chi connectivity index (χ4n) is 3.00. The van der Waals surface area contributed by atoms with Gasteiger partial charge < -0.3 is 19.8 Å². The Hall–Kier alpha value is -3.80. The Labute approximate surface area is 181 Å². The van der Waals surface area contributed by atoms with Crippen molar-refractivity contribution in [1.29, 1.82) is 0 Å². The molecule has 0 aliphatic carbocycles. The van der Waals surface area contributed by atoms with Gasteiger partial charge in [-0.2, -0.15) is 0 Å². The largest absolute Gasteiger partial charge is 0.497 e. The third-order valence-corrected chi connectivity index (χ3v) is 5.05. The number of nitrogens with one attached hydrogen (secondary N) is 2. The zero-order valence-electron chi connectivity index (χ0n) is 18.1. The molecule has 1 heterocycles. The van der Waals surface area contributed by atoms with Crippen LogP contribution in [0, 0.1) is 13.8 Å². The maximum absolute atomic E-state index is 13.0. The molecule has 1 aromatic heterocycles. The summed E-state index contributed by atoms with van der Waals surface area (Å²) in [5, 5.41) is 5.64. The van der Waals surface area contributed by atoms with Crippen LogP contribution in [0.4, 0.5) is 0 Å². The van der Waals surface area contributed by atoms with Gasteiger partial charge in [0.1, 0.15) is 17.2 Å². The number of furan rings is 1. The Bertz CT molecular complexity index is 1080. The highest BCUT2D eigenvalue weighted by Crippen LogP contribution is 2.18. The smallest absolute Gasteiger partial charge is 0.268 e. The lowest BCUT2D eigenvalue weighted by atomic mass is 10.0. The number of amides is 2. The van der Waals surface area contributed by atoms with Crippen LogP contribution in [0.25, 0.3) is 6.08 Å². The van der Waals surface area contributed by atoms with Gasteiger partial charge in [-0.05, 0) is 73.9 Å². The van der Waals surface area contributed by atoms with Gasteiger partial charge in [0.2, 0.25) is 0 Å². The highest BCUT2D eigenvalue weighted by molar-refractivity contribution is 6.05. The zero-order valence-corrected chi connectivity index (χ0v) is 18.1. The van der Waals surface area contributed by atoms with Crippen LogP contribution < -0.4 is 15.4 Å². The topological polar surface area (TPSA) is 80.6 Å². The first-order chi connectivity index (χ1) is 14.9. The van der Waals surface area contributed by atoms with E-state index >= 15 is 0 Å². The molecule has 6 heteroatoms. The lowest BCUT2D eigenvalue weighted by Crippen LogP contribution is -2.36. The molecule has 0 radical (unpaired) electrons. The maximum atomic E-state index is 13.0. The molecule has 6 nitrogen and oxygen atoms in total. The number of carbonyl (C=O) groups is 2. The van der Waals surface area contributed by atoms with E-state index in [1.807, 2.05) is 39.0 Å². The normalized spacial score (nSPS) is 12.2. The molecule has 2 aromatic carbocycles. The van der Waals surface area contributed by atoms with Crippen LogP contribution >= 0.6 is 0 Å². The minimum atomic E-state index is -0.413. The van der Waals surface area contributed by atoms with E-state index in [0.717, 1.165) is 11.1 Å². The summed E-state index contributed by atoms with van der Waals surface area (Å²) in [7, 11) is 1.56. The number of rotatable bonds is 7. The first-order valence-electron chi connectivity index (χ1n) is 9.96. The molecule has 160 valence electrons. The molecule has 2 N–H and O–H groups in total. The van der Waals surface area contributed by atoms with Gasteiger partial charge in [-0.3, -0.25) is 9.59 Å². The van der Waals surface area contributed by atoms with E-state index < -0.39 is 11.8 Å². The minimum absolute atomic E-state index is 0.0893. The van der Waals surface area contributed by atoms with Gasteiger partial charge >= 0.3 is 0 Å². The van der Waals surface area contributed by atoms with Gasteiger partial charge in [0.25, 0.3) is 11.8 Å². The van der Waals surface area contributed by atoms with Crippen molar-refractivity contribution in [2.24, 2.45) is 0 Å². The van der Waals surface area contributed by atoms with Gasteiger partial charge in [-0.1, -0.05) is 18.2 Å². The lowest BCUT2D eigenvalue weighted by molar-refractivity contribution is -0.118. The summed E-state index contributed by atoms with van der Waals surface area (Å²) in [5.41, 5.74) is 3.81. The van der Waals surface area contributed by atoms with Gasteiger partial charge in [0.15, 0.2) is 0 Å². The second kappa shape index (κ2) is 9.80. The number of ether oxygens (including phenoxy) is 1. The van der Waals surface area contributed by atoms with E-state index in [1.165, 1.54) is 17.9 Å². The summed E-state index contributed by atoms with van der Waals surface area (Å²) < 4.78 is 10.4. The second-order valence-corrected chi connectivity index (χ2v) is 7.29. The fraction of sp³-hybridized carbons (Fsp3) is 0.200. The Morgan fingerprint density at radius 2 is 1.77 bits per heavy atom. The van der Waals surface area contributed by atoms with E-state index in [1.54, 1.807) is 43.5 Å². The quantitative estimate of drug-likeness (QED) is 0.552. The molecule has 0 aliphatic rings. The Balaban J connectivity index is 1.80. The molecule has 0 unspecified atom stereocenters. The third-order valence-electron chi connectivity index (χ3n) is 5.05. The molecule has 0 saturated heterocycles. The lowest BCUT2D eigenvalue weighted by Gasteiger charge is -2.17. The van der Waals surface area contributed by atoms with Gasteiger partial charge in [-0.25, -0.2) is 0 Å². The van der Waals surface area contributed by atoms with Crippen molar-refractivity contribution in [3.8, 4) is 5.75 Å². The van der Waals surface area contributed by atoms with Crippen LogP contribution in [-0.4, -0.2) is 18.9 Å². The molecule has 3 aromatic rings. The Kier molecular flexibility index (Phi) is 6.92. The number of hydrogen-bond acceptors (Lipinski definition) is 4. The van der Waals surface area contributed by atoms with Crippen LogP contribution in [0.3, 0.4) is 0 Å². The van der Waals surface area contributed by atoms with E-state index in [0.29, 0.717) is 17.1 Å². The van der Waals surface area contributed by atoms with Crippen molar-refractivity contribution >= 4 is 17.9 Å². The molecule has 31 heavy (non-hydrogen) atoms. The molecule has 0 saturated carbocycles. The van der Waals surface area contributed by atoms with Crippen LogP contribution in [0.1, 0.15) is 45.8 Å². The van der Waals surface area contributed by atoms with Crippen molar-refractivity contribution in [2.75, 3.05) is 7.11 Å². The predicted octanol–water partition coefficient (Wildman–Crippen LogP) is 4.55. The molecular weight excluding hydrogens is 392 g/mol. The van der Waals surface area contributed by atoms with E-state index in [2.05, 4.69) is 10.6 Å². The zero-order chi connectivity index (χ0) is 22.4. The van der Waals surface area contributed by atoms with Crippen molar-refractivity contribution in [3.05, 3.63) is 94.6 Å². The molecule has 3 rings (SSSR count). The van der Waals surface area contributed by atoms with Crippen molar-refractivity contribution in [3.63, 3.8) is 0 Å².